The van der Waals surface area contributed by atoms with Gasteiger partial charge in [-0.2, -0.15) is 11.8 Å². The van der Waals surface area contributed by atoms with Crippen LogP contribution in [0.5, 0.6) is 5.75 Å². The smallest absolute Gasteiger partial charge is 0.244 e. The van der Waals surface area contributed by atoms with E-state index >= 15 is 0 Å². The molecule has 114 valence electrons. The molecule has 1 saturated heterocycles. The van der Waals surface area contributed by atoms with Crippen LogP contribution in [0.3, 0.4) is 0 Å². The lowest BCUT2D eigenvalue weighted by molar-refractivity contribution is -0.135. The molecular formula is C15H20N2O3S. The van der Waals surface area contributed by atoms with Gasteiger partial charge in [0.2, 0.25) is 11.8 Å². The Kier molecular flexibility index (Phi) is 5.50. The first-order valence-corrected chi connectivity index (χ1v) is 8.16. The maximum atomic E-state index is 12.2. The van der Waals surface area contributed by atoms with Crippen molar-refractivity contribution in [3.8, 4) is 5.75 Å². The molecule has 1 aromatic carbocycles. The maximum absolute atomic E-state index is 12.2. The van der Waals surface area contributed by atoms with Crippen molar-refractivity contribution < 1.29 is 14.7 Å². The summed E-state index contributed by atoms with van der Waals surface area (Å²) in [6, 6.07) is 6.18. The molecule has 1 heterocycles. The molecule has 1 aliphatic rings. The Morgan fingerprint density at radius 3 is 2.67 bits per heavy atom. The van der Waals surface area contributed by atoms with E-state index in [9.17, 15) is 14.7 Å². The second-order valence-electron chi connectivity index (χ2n) is 5.03. The number of phenolic OH excluding ortho intramolecular Hbond substituents is 1. The van der Waals surface area contributed by atoms with Crippen LogP contribution in [0, 0.1) is 0 Å². The van der Waals surface area contributed by atoms with Crippen LogP contribution in [0.15, 0.2) is 24.3 Å². The zero-order chi connectivity index (χ0) is 15.2. The summed E-state index contributed by atoms with van der Waals surface area (Å²) in [5.41, 5.74) is 0.559. The van der Waals surface area contributed by atoms with Crippen molar-refractivity contribution in [3.63, 3.8) is 0 Å². The lowest BCUT2D eigenvalue weighted by Crippen LogP contribution is -2.49. The van der Waals surface area contributed by atoms with Crippen molar-refractivity contribution in [3.05, 3.63) is 29.8 Å². The highest BCUT2D eigenvalue weighted by molar-refractivity contribution is 7.99. The summed E-state index contributed by atoms with van der Waals surface area (Å²) in [7, 11) is 0. The van der Waals surface area contributed by atoms with E-state index in [2.05, 4.69) is 5.32 Å². The van der Waals surface area contributed by atoms with E-state index in [1.54, 1.807) is 36.1 Å². The van der Waals surface area contributed by atoms with Gasteiger partial charge in [-0.3, -0.25) is 9.59 Å². The molecule has 21 heavy (non-hydrogen) atoms. The van der Waals surface area contributed by atoms with Crippen molar-refractivity contribution >= 4 is 23.6 Å². The molecule has 1 aromatic rings. The van der Waals surface area contributed by atoms with Crippen molar-refractivity contribution in [1.82, 2.24) is 10.2 Å². The zero-order valence-electron chi connectivity index (χ0n) is 12.0. The minimum Gasteiger partial charge on any atom is -0.508 e. The van der Waals surface area contributed by atoms with Gasteiger partial charge < -0.3 is 15.3 Å². The minimum atomic E-state index is -0.536. The highest BCUT2D eigenvalue weighted by Crippen LogP contribution is 2.16. The summed E-state index contributed by atoms with van der Waals surface area (Å²) in [6.45, 7) is 3.18. The van der Waals surface area contributed by atoms with Gasteiger partial charge in [-0.05, 0) is 13.0 Å². The molecular weight excluding hydrogens is 288 g/mol. The summed E-state index contributed by atoms with van der Waals surface area (Å²) in [5, 5.41) is 12.4. The van der Waals surface area contributed by atoms with E-state index in [-0.39, 0.29) is 24.0 Å². The summed E-state index contributed by atoms with van der Waals surface area (Å²) in [5.74, 6) is 1.69. The van der Waals surface area contributed by atoms with Crippen LogP contribution >= 0.6 is 11.8 Å². The van der Waals surface area contributed by atoms with E-state index in [4.69, 9.17) is 0 Å². The van der Waals surface area contributed by atoms with E-state index in [1.165, 1.54) is 0 Å². The number of hydrogen-bond acceptors (Lipinski definition) is 4. The summed E-state index contributed by atoms with van der Waals surface area (Å²) < 4.78 is 0. The highest BCUT2D eigenvalue weighted by Gasteiger charge is 2.23. The van der Waals surface area contributed by atoms with Gasteiger partial charge in [0.1, 0.15) is 11.8 Å². The van der Waals surface area contributed by atoms with Crippen LogP contribution in [-0.2, 0) is 16.0 Å². The number of nitrogens with zero attached hydrogens (tertiary/aromatic N) is 1. The average Bonchev–Trinajstić information content (AvgIpc) is 2.49. The lowest BCUT2D eigenvalue weighted by Gasteiger charge is -2.29. The third-order valence-corrected chi connectivity index (χ3v) is 4.36. The highest BCUT2D eigenvalue weighted by atomic mass is 32.2. The Morgan fingerprint density at radius 2 is 2.00 bits per heavy atom. The van der Waals surface area contributed by atoms with Gasteiger partial charge in [-0.15, -0.1) is 0 Å². The first-order valence-electron chi connectivity index (χ1n) is 7.00. The predicted molar refractivity (Wildman–Crippen MR) is 83.3 cm³/mol. The van der Waals surface area contributed by atoms with Crippen molar-refractivity contribution in [2.75, 3.05) is 24.6 Å². The Balaban J connectivity index is 1.87. The fraction of sp³-hybridized carbons (Fsp3) is 0.467. The molecule has 2 rings (SSSR count). The van der Waals surface area contributed by atoms with E-state index in [0.717, 1.165) is 24.6 Å². The molecule has 6 heteroatoms. The Morgan fingerprint density at radius 1 is 1.33 bits per heavy atom. The number of rotatable bonds is 4. The number of aromatic hydroxyl groups is 1. The Bertz CT molecular complexity index is 515. The number of para-hydroxylation sites is 1. The van der Waals surface area contributed by atoms with Crippen LogP contribution in [-0.4, -0.2) is 52.5 Å². The first kappa shape index (κ1) is 15.7. The SMILES string of the molecule is CC(NC(=O)Cc1ccccc1O)C(=O)N1CCSCC1. The van der Waals surface area contributed by atoms with Crippen LogP contribution < -0.4 is 5.32 Å². The third kappa shape index (κ3) is 4.39. The monoisotopic (exact) mass is 308 g/mol. The zero-order valence-corrected chi connectivity index (χ0v) is 12.9. The number of hydrogen-bond donors (Lipinski definition) is 2. The van der Waals surface area contributed by atoms with Crippen LogP contribution in [0.2, 0.25) is 0 Å². The number of amides is 2. The summed E-state index contributed by atoms with van der Waals surface area (Å²) in [6.07, 6.45) is 0.0696. The normalized spacial score (nSPS) is 16.3. The number of carbonyl (C=O) groups excluding carboxylic acids is 2. The molecule has 0 aliphatic carbocycles. The Hall–Kier alpha value is -1.69. The second-order valence-corrected chi connectivity index (χ2v) is 6.26. The summed E-state index contributed by atoms with van der Waals surface area (Å²) >= 11 is 1.84. The van der Waals surface area contributed by atoms with Gasteiger partial charge in [0.15, 0.2) is 0 Å². The number of thioether (sulfide) groups is 1. The van der Waals surface area contributed by atoms with E-state index in [0.29, 0.717) is 5.56 Å². The molecule has 0 bridgehead atoms. The topological polar surface area (TPSA) is 69.6 Å². The fourth-order valence-electron chi connectivity index (χ4n) is 2.25. The van der Waals surface area contributed by atoms with Crippen LogP contribution in [0.4, 0.5) is 0 Å². The largest absolute Gasteiger partial charge is 0.508 e. The molecule has 0 aromatic heterocycles. The van der Waals surface area contributed by atoms with Gasteiger partial charge in [0.05, 0.1) is 6.42 Å². The molecule has 1 unspecified atom stereocenters. The van der Waals surface area contributed by atoms with Gasteiger partial charge >= 0.3 is 0 Å². The fourth-order valence-corrected chi connectivity index (χ4v) is 3.15. The Labute approximate surface area is 128 Å². The van der Waals surface area contributed by atoms with Gasteiger partial charge in [-0.25, -0.2) is 0 Å². The molecule has 0 saturated carbocycles. The molecule has 0 spiro atoms. The van der Waals surface area contributed by atoms with E-state index in [1.807, 2.05) is 11.8 Å². The third-order valence-electron chi connectivity index (χ3n) is 3.41. The second kappa shape index (κ2) is 7.36. The molecule has 1 atom stereocenters. The lowest BCUT2D eigenvalue weighted by atomic mass is 10.1. The quantitative estimate of drug-likeness (QED) is 0.871. The van der Waals surface area contributed by atoms with Gasteiger partial charge in [-0.1, -0.05) is 18.2 Å². The van der Waals surface area contributed by atoms with E-state index < -0.39 is 6.04 Å². The predicted octanol–water partition coefficient (Wildman–Crippen LogP) is 1.01. The minimum absolute atomic E-state index is 0.0408. The van der Waals surface area contributed by atoms with Crippen molar-refractivity contribution in [2.24, 2.45) is 0 Å². The molecule has 1 aliphatic heterocycles. The molecule has 0 radical (unpaired) electrons. The number of phenols is 1. The average molecular weight is 308 g/mol. The van der Waals surface area contributed by atoms with Gasteiger partial charge in [0, 0.05) is 30.2 Å². The maximum Gasteiger partial charge on any atom is 0.244 e. The molecule has 5 nitrogen and oxygen atoms in total. The van der Waals surface area contributed by atoms with Crippen molar-refractivity contribution in [2.45, 2.75) is 19.4 Å². The molecule has 1 fully saturated rings. The molecule has 2 N–H and O–H groups in total. The number of nitrogens with one attached hydrogen (secondary N) is 1. The number of carbonyl (C=O) groups is 2. The first-order chi connectivity index (χ1) is 10.1. The van der Waals surface area contributed by atoms with Gasteiger partial charge in [0.25, 0.3) is 0 Å². The van der Waals surface area contributed by atoms with Crippen LogP contribution in [0.1, 0.15) is 12.5 Å². The summed E-state index contributed by atoms with van der Waals surface area (Å²) in [4.78, 5) is 26.0. The van der Waals surface area contributed by atoms with Crippen molar-refractivity contribution in [1.29, 1.82) is 0 Å². The standard InChI is InChI=1S/C15H20N2O3S/c1-11(15(20)17-6-8-21-9-7-17)16-14(19)10-12-4-2-3-5-13(12)18/h2-5,11,18H,6-10H2,1H3,(H,16,19). The number of benzene rings is 1. The molecule has 2 amide bonds. The van der Waals surface area contributed by atoms with Crippen LogP contribution in [0.25, 0.3) is 0 Å².